The molecule has 0 N–H and O–H groups in total. The fourth-order valence-corrected chi connectivity index (χ4v) is 2.68. The van der Waals surface area contributed by atoms with Crippen LogP contribution in [-0.2, 0) is 0 Å². The minimum atomic E-state index is 0.617. The van der Waals surface area contributed by atoms with Crippen molar-refractivity contribution in [3.8, 4) is 11.6 Å². The lowest BCUT2D eigenvalue weighted by Gasteiger charge is -2.07. The lowest BCUT2D eigenvalue weighted by Crippen LogP contribution is -1.90. The summed E-state index contributed by atoms with van der Waals surface area (Å²) in [6, 6.07) is 8.12. The van der Waals surface area contributed by atoms with E-state index in [1.165, 1.54) is 17.5 Å². The number of nitrogens with zero attached hydrogens (tertiary/aromatic N) is 2. The van der Waals surface area contributed by atoms with Gasteiger partial charge >= 0.3 is 0 Å². The number of hydrogen-bond donors (Lipinski definition) is 0. The van der Waals surface area contributed by atoms with Crippen LogP contribution in [0, 0.1) is 13.8 Å². The Kier molecular flexibility index (Phi) is 2.72. The fourth-order valence-electron chi connectivity index (χ4n) is 1.95. The first-order chi connectivity index (χ1) is 8.72. The van der Waals surface area contributed by atoms with E-state index < -0.39 is 0 Å². The molecule has 0 amide bonds. The van der Waals surface area contributed by atoms with Crippen molar-refractivity contribution in [1.82, 2.24) is 9.97 Å². The van der Waals surface area contributed by atoms with Gasteiger partial charge in [-0.3, -0.25) is 0 Å². The molecule has 4 heteroatoms. The molecular formula is C14H12N2OS. The summed E-state index contributed by atoms with van der Waals surface area (Å²) >= 11 is 1.59. The van der Waals surface area contributed by atoms with Crippen molar-refractivity contribution in [3.05, 3.63) is 47.1 Å². The van der Waals surface area contributed by atoms with Crippen molar-refractivity contribution < 1.29 is 4.74 Å². The Morgan fingerprint density at radius 2 is 1.83 bits per heavy atom. The molecule has 2 aromatic heterocycles. The maximum Gasteiger partial charge on any atom is 0.231 e. The predicted molar refractivity (Wildman–Crippen MR) is 73.4 cm³/mol. The van der Waals surface area contributed by atoms with Crippen LogP contribution in [-0.4, -0.2) is 9.97 Å². The molecule has 3 aromatic rings. The second kappa shape index (κ2) is 4.38. The van der Waals surface area contributed by atoms with Crippen LogP contribution in [0.3, 0.4) is 0 Å². The van der Waals surface area contributed by atoms with Crippen LogP contribution in [0.2, 0.25) is 0 Å². The van der Waals surface area contributed by atoms with Crippen molar-refractivity contribution in [2.24, 2.45) is 0 Å². The van der Waals surface area contributed by atoms with E-state index in [1.807, 2.05) is 23.6 Å². The van der Waals surface area contributed by atoms with Gasteiger partial charge in [0.1, 0.15) is 16.9 Å². The molecule has 0 saturated heterocycles. The second-order valence-electron chi connectivity index (χ2n) is 4.24. The molecule has 3 nitrogen and oxygen atoms in total. The SMILES string of the molecule is Cc1cc(C)cc(Oc2ncnc3sccc23)c1. The monoisotopic (exact) mass is 256 g/mol. The summed E-state index contributed by atoms with van der Waals surface area (Å²) in [4.78, 5) is 9.36. The van der Waals surface area contributed by atoms with Gasteiger partial charge in [0.2, 0.25) is 5.88 Å². The third-order valence-corrected chi connectivity index (χ3v) is 3.46. The van der Waals surface area contributed by atoms with E-state index in [-0.39, 0.29) is 0 Å². The Hall–Kier alpha value is -1.94. The highest BCUT2D eigenvalue weighted by atomic mass is 32.1. The van der Waals surface area contributed by atoms with Gasteiger partial charge < -0.3 is 4.74 Å². The molecule has 0 atom stereocenters. The Balaban J connectivity index is 2.03. The maximum absolute atomic E-state index is 5.87. The van der Waals surface area contributed by atoms with E-state index in [0.717, 1.165) is 16.0 Å². The van der Waals surface area contributed by atoms with Gasteiger partial charge in [0.05, 0.1) is 5.39 Å². The van der Waals surface area contributed by atoms with Crippen molar-refractivity contribution in [2.75, 3.05) is 0 Å². The summed E-state index contributed by atoms with van der Waals surface area (Å²) in [6.45, 7) is 4.11. The van der Waals surface area contributed by atoms with Crippen molar-refractivity contribution in [2.45, 2.75) is 13.8 Å². The number of thiophene rings is 1. The molecule has 0 fully saturated rings. The number of hydrogen-bond acceptors (Lipinski definition) is 4. The number of rotatable bonds is 2. The molecule has 0 aliphatic carbocycles. The molecule has 0 aliphatic heterocycles. The second-order valence-corrected chi connectivity index (χ2v) is 5.14. The first-order valence-electron chi connectivity index (χ1n) is 5.67. The molecule has 0 unspecified atom stereocenters. The topological polar surface area (TPSA) is 35.0 Å². The van der Waals surface area contributed by atoms with E-state index >= 15 is 0 Å². The third kappa shape index (κ3) is 2.07. The van der Waals surface area contributed by atoms with Crippen LogP contribution in [0.25, 0.3) is 10.2 Å². The Morgan fingerprint density at radius 3 is 2.61 bits per heavy atom. The smallest absolute Gasteiger partial charge is 0.231 e. The van der Waals surface area contributed by atoms with Crippen molar-refractivity contribution in [1.29, 1.82) is 0 Å². The summed E-state index contributed by atoms with van der Waals surface area (Å²) in [5.74, 6) is 1.44. The number of aryl methyl sites for hydroxylation is 2. The highest BCUT2D eigenvalue weighted by Gasteiger charge is 2.07. The molecule has 2 heterocycles. The number of benzene rings is 1. The third-order valence-electron chi connectivity index (χ3n) is 2.63. The van der Waals surface area contributed by atoms with Crippen LogP contribution in [0.4, 0.5) is 0 Å². The van der Waals surface area contributed by atoms with Crippen LogP contribution in [0.5, 0.6) is 11.6 Å². The zero-order valence-electron chi connectivity index (χ0n) is 10.2. The zero-order valence-corrected chi connectivity index (χ0v) is 11.0. The minimum absolute atomic E-state index is 0.617. The molecule has 3 rings (SSSR count). The van der Waals surface area contributed by atoms with E-state index in [0.29, 0.717) is 5.88 Å². The van der Waals surface area contributed by atoms with E-state index in [2.05, 4.69) is 29.9 Å². The van der Waals surface area contributed by atoms with Crippen LogP contribution in [0.1, 0.15) is 11.1 Å². The molecule has 18 heavy (non-hydrogen) atoms. The molecule has 0 aliphatic rings. The predicted octanol–water partition coefficient (Wildman–Crippen LogP) is 4.10. The van der Waals surface area contributed by atoms with Gasteiger partial charge in [-0.1, -0.05) is 6.07 Å². The highest BCUT2D eigenvalue weighted by molar-refractivity contribution is 7.16. The summed E-state index contributed by atoms with van der Waals surface area (Å²) in [7, 11) is 0. The van der Waals surface area contributed by atoms with Crippen molar-refractivity contribution in [3.63, 3.8) is 0 Å². The quantitative estimate of drug-likeness (QED) is 0.692. The Labute approximate surface area is 109 Å². The summed E-state index contributed by atoms with van der Waals surface area (Å²) in [5.41, 5.74) is 2.36. The van der Waals surface area contributed by atoms with Gasteiger partial charge in [0.25, 0.3) is 0 Å². The van der Waals surface area contributed by atoms with Crippen LogP contribution >= 0.6 is 11.3 Å². The van der Waals surface area contributed by atoms with Gasteiger partial charge in [-0.2, -0.15) is 0 Å². The lowest BCUT2D eigenvalue weighted by atomic mass is 10.1. The average molecular weight is 256 g/mol. The normalized spacial score (nSPS) is 10.8. The fraction of sp³-hybridized carbons (Fsp3) is 0.143. The van der Waals surface area contributed by atoms with E-state index in [9.17, 15) is 0 Å². The molecule has 0 saturated carbocycles. The van der Waals surface area contributed by atoms with Crippen molar-refractivity contribution >= 4 is 21.6 Å². The molecule has 90 valence electrons. The zero-order chi connectivity index (χ0) is 12.5. The lowest BCUT2D eigenvalue weighted by molar-refractivity contribution is 0.467. The first kappa shape index (κ1) is 11.2. The average Bonchev–Trinajstić information content (AvgIpc) is 2.76. The van der Waals surface area contributed by atoms with E-state index in [1.54, 1.807) is 11.3 Å². The van der Waals surface area contributed by atoms with Gasteiger partial charge in [-0.05, 0) is 48.6 Å². The Bertz CT molecular complexity index is 686. The summed E-state index contributed by atoms with van der Waals surface area (Å²) in [6.07, 6.45) is 1.54. The van der Waals surface area contributed by atoms with Gasteiger partial charge in [0, 0.05) is 0 Å². The highest BCUT2D eigenvalue weighted by Crippen LogP contribution is 2.30. The molecule has 0 spiro atoms. The first-order valence-corrected chi connectivity index (χ1v) is 6.55. The van der Waals surface area contributed by atoms with Gasteiger partial charge in [-0.25, -0.2) is 9.97 Å². The van der Waals surface area contributed by atoms with Gasteiger partial charge in [-0.15, -0.1) is 11.3 Å². The molecular weight excluding hydrogens is 244 g/mol. The number of fused-ring (bicyclic) bond motifs is 1. The maximum atomic E-state index is 5.87. The summed E-state index contributed by atoms with van der Waals surface area (Å²) in [5, 5.41) is 2.95. The largest absolute Gasteiger partial charge is 0.438 e. The number of aromatic nitrogens is 2. The Morgan fingerprint density at radius 1 is 1.06 bits per heavy atom. The van der Waals surface area contributed by atoms with Crippen LogP contribution < -0.4 is 4.74 Å². The van der Waals surface area contributed by atoms with Gasteiger partial charge in [0.15, 0.2) is 0 Å². The number of ether oxygens (including phenoxy) is 1. The molecule has 1 aromatic carbocycles. The minimum Gasteiger partial charge on any atom is -0.438 e. The standard InChI is InChI=1S/C14H12N2OS/c1-9-5-10(2)7-11(6-9)17-13-12-3-4-18-14(12)16-8-15-13/h3-8H,1-2H3. The molecule has 0 bridgehead atoms. The summed E-state index contributed by atoms with van der Waals surface area (Å²) < 4.78 is 5.87. The molecule has 0 radical (unpaired) electrons. The van der Waals surface area contributed by atoms with E-state index in [4.69, 9.17) is 4.74 Å². The van der Waals surface area contributed by atoms with Crippen LogP contribution in [0.15, 0.2) is 36.0 Å².